The van der Waals surface area contributed by atoms with Gasteiger partial charge in [0, 0.05) is 17.6 Å². The minimum Gasteiger partial charge on any atom is -0.496 e. The van der Waals surface area contributed by atoms with Gasteiger partial charge < -0.3 is 9.84 Å². The topological polar surface area (TPSA) is 42.4 Å². The van der Waals surface area contributed by atoms with E-state index in [1.54, 1.807) is 62.5 Å². The van der Waals surface area contributed by atoms with Crippen molar-refractivity contribution in [3.05, 3.63) is 82.4 Å². The van der Waals surface area contributed by atoms with E-state index in [2.05, 4.69) is 4.98 Å². The molecule has 0 fully saturated rings. The monoisotopic (exact) mass is 385 g/mol. The van der Waals surface area contributed by atoms with Crippen LogP contribution in [0.25, 0.3) is 11.1 Å². The Balaban J connectivity index is 1.99. The fraction of sp³-hybridized carbons (Fsp3) is 0.227. The molecule has 0 aliphatic rings. The molecule has 0 spiro atoms. The van der Waals surface area contributed by atoms with Crippen LogP contribution in [0.2, 0.25) is 5.02 Å². The lowest BCUT2D eigenvalue weighted by Gasteiger charge is -2.17. The van der Waals surface area contributed by atoms with Gasteiger partial charge in [-0.1, -0.05) is 35.9 Å². The second-order valence-corrected chi connectivity index (χ2v) is 7.35. The van der Waals surface area contributed by atoms with E-state index >= 15 is 4.39 Å². The predicted molar refractivity (Wildman–Crippen MR) is 106 cm³/mol. The molecule has 3 aromatic rings. The lowest BCUT2D eigenvalue weighted by molar-refractivity contribution is 0.0738. The van der Waals surface area contributed by atoms with Crippen molar-refractivity contribution in [3.8, 4) is 16.9 Å². The average Bonchev–Trinajstić information content (AvgIpc) is 2.63. The highest BCUT2D eigenvalue weighted by molar-refractivity contribution is 6.30. The van der Waals surface area contributed by atoms with E-state index in [-0.39, 0.29) is 5.82 Å². The summed E-state index contributed by atoms with van der Waals surface area (Å²) in [5.74, 6) is 0.109. The summed E-state index contributed by atoms with van der Waals surface area (Å²) >= 11 is 6.07. The number of ether oxygens (including phenoxy) is 1. The van der Waals surface area contributed by atoms with Crippen molar-refractivity contribution in [1.82, 2.24) is 4.98 Å². The molecule has 140 valence electrons. The van der Waals surface area contributed by atoms with Crippen molar-refractivity contribution in [1.29, 1.82) is 0 Å². The second-order valence-electron chi connectivity index (χ2n) is 6.91. The molecule has 5 heteroatoms. The number of halogens is 2. The Kier molecular flexibility index (Phi) is 5.49. The molecular weight excluding hydrogens is 365 g/mol. The molecule has 2 aromatic carbocycles. The van der Waals surface area contributed by atoms with Gasteiger partial charge in [0.25, 0.3) is 0 Å². The van der Waals surface area contributed by atoms with E-state index in [1.807, 2.05) is 6.07 Å². The van der Waals surface area contributed by atoms with Crippen molar-refractivity contribution < 1.29 is 14.2 Å². The highest BCUT2D eigenvalue weighted by Crippen LogP contribution is 2.36. The molecule has 0 atom stereocenters. The first-order valence-electron chi connectivity index (χ1n) is 8.58. The number of nitrogens with zero attached hydrogens (tertiary/aromatic N) is 1. The van der Waals surface area contributed by atoms with Gasteiger partial charge >= 0.3 is 0 Å². The van der Waals surface area contributed by atoms with Crippen LogP contribution in [0.5, 0.6) is 5.75 Å². The highest BCUT2D eigenvalue weighted by atomic mass is 35.5. The smallest absolute Gasteiger partial charge is 0.138 e. The molecule has 1 aromatic heterocycles. The van der Waals surface area contributed by atoms with Gasteiger partial charge in [-0.3, -0.25) is 4.98 Å². The quantitative estimate of drug-likeness (QED) is 0.642. The molecular formula is C22H21ClFNO2. The zero-order valence-electron chi connectivity index (χ0n) is 15.5. The summed E-state index contributed by atoms with van der Waals surface area (Å²) < 4.78 is 20.7. The Bertz CT molecular complexity index is 950. The van der Waals surface area contributed by atoms with Gasteiger partial charge in [-0.2, -0.15) is 0 Å². The van der Waals surface area contributed by atoms with E-state index in [9.17, 15) is 5.11 Å². The summed E-state index contributed by atoms with van der Waals surface area (Å²) in [6, 6.07) is 14.1. The van der Waals surface area contributed by atoms with Gasteiger partial charge in [0.1, 0.15) is 17.2 Å². The first-order valence-corrected chi connectivity index (χ1v) is 8.96. The maximum absolute atomic E-state index is 15.3. The average molecular weight is 386 g/mol. The van der Waals surface area contributed by atoms with Crippen LogP contribution in [-0.2, 0) is 12.0 Å². The minimum absolute atomic E-state index is 0.344. The first-order chi connectivity index (χ1) is 12.8. The van der Waals surface area contributed by atoms with E-state index in [4.69, 9.17) is 16.3 Å². The summed E-state index contributed by atoms with van der Waals surface area (Å²) in [5, 5.41) is 10.5. The molecule has 3 nitrogen and oxygen atoms in total. The first kappa shape index (κ1) is 19.3. The summed E-state index contributed by atoms with van der Waals surface area (Å²) in [6.07, 6.45) is 2.04. The maximum atomic E-state index is 15.3. The van der Waals surface area contributed by atoms with E-state index in [0.717, 1.165) is 5.56 Å². The van der Waals surface area contributed by atoms with Crippen LogP contribution in [-0.4, -0.2) is 17.2 Å². The zero-order chi connectivity index (χ0) is 19.6. The fourth-order valence-corrected chi connectivity index (χ4v) is 3.12. The van der Waals surface area contributed by atoms with Crippen LogP contribution in [0.1, 0.15) is 30.7 Å². The molecule has 27 heavy (non-hydrogen) atoms. The van der Waals surface area contributed by atoms with Crippen LogP contribution in [0.4, 0.5) is 4.39 Å². The van der Waals surface area contributed by atoms with Gasteiger partial charge in [0.15, 0.2) is 0 Å². The predicted octanol–water partition coefficient (Wildman–Crippen LogP) is 5.37. The third kappa shape index (κ3) is 4.29. The van der Waals surface area contributed by atoms with E-state index in [1.165, 1.54) is 7.11 Å². The van der Waals surface area contributed by atoms with Gasteiger partial charge in [0.2, 0.25) is 0 Å². The Morgan fingerprint density at radius 2 is 1.93 bits per heavy atom. The number of pyridine rings is 1. The second kappa shape index (κ2) is 7.67. The molecule has 0 aliphatic carbocycles. The molecule has 1 N–H and O–H groups in total. The number of aromatic nitrogens is 1. The number of benzene rings is 2. The largest absolute Gasteiger partial charge is 0.496 e. The van der Waals surface area contributed by atoms with Crippen molar-refractivity contribution in [3.63, 3.8) is 0 Å². The fourth-order valence-electron chi connectivity index (χ4n) is 2.93. The Morgan fingerprint density at radius 3 is 2.52 bits per heavy atom. The third-order valence-electron chi connectivity index (χ3n) is 4.36. The number of methoxy groups -OCH3 is 1. The standard InChI is InChI=1S/C22H21ClFNO2/c1-22(2,26)19-10-7-14(13-25-19)11-16-8-9-18(27-3)20(21(16)24)15-5-4-6-17(23)12-15/h4-10,12-13,26H,11H2,1-3H3. The third-order valence-corrected chi connectivity index (χ3v) is 4.60. The molecule has 0 aliphatic heterocycles. The van der Waals surface area contributed by atoms with Gasteiger partial charge in [-0.15, -0.1) is 0 Å². The number of rotatable bonds is 5. The van der Waals surface area contributed by atoms with Gasteiger partial charge in [0.05, 0.1) is 18.4 Å². The summed E-state index contributed by atoms with van der Waals surface area (Å²) in [6.45, 7) is 3.35. The van der Waals surface area contributed by atoms with Crippen LogP contribution >= 0.6 is 11.6 Å². The van der Waals surface area contributed by atoms with Crippen LogP contribution in [0.15, 0.2) is 54.7 Å². The molecule has 0 radical (unpaired) electrons. The minimum atomic E-state index is -1.01. The summed E-state index contributed by atoms with van der Waals surface area (Å²) in [4.78, 5) is 4.29. The Hall–Kier alpha value is -2.43. The SMILES string of the molecule is COc1ccc(Cc2ccc(C(C)(C)O)nc2)c(F)c1-c1cccc(Cl)c1. The number of hydrogen-bond donors (Lipinski definition) is 1. The van der Waals surface area contributed by atoms with Crippen LogP contribution < -0.4 is 4.74 Å². The molecule has 0 unspecified atom stereocenters. The van der Waals surface area contributed by atoms with Crippen LogP contribution in [0, 0.1) is 5.82 Å². The molecule has 3 rings (SSSR count). The number of hydrogen-bond acceptors (Lipinski definition) is 3. The Labute approximate surface area is 163 Å². The van der Waals surface area contributed by atoms with Crippen molar-refractivity contribution in [2.24, 2.45) is 0 Å². The zero-order valence-corrected chi connectivity index (χ0v) is 16.2. The van der Waals surface area contributed by atoms with Gasteiger partial charge in [-0.05, 0) is 54.8 Å². The van der Waals surface area contributed by atoms with E-state index < -0.39 is 5.60 Å². The van der Waals surface area contributed by atoms with Crippen LogP contribution in [0.3, 0.4) is 0 Å². The highest BCUT2D eigenvalue weighted by Gasteiger charge is 2.19. The lowest BCUT2D eigenvalue weighted by atomic mass is 9.97. The van der Waals surface area contributed by atoms with Crippen molar-refractivity contribution >= 4 is 11.6 Å². The molecule has 0 saturated carbocycles. The number of aliphatic hydroxyl groups is 1. The normalized spacial score (nSPS) is 11.5. The molecule has 1 heterocycles. The molecule has 0 amide bonds. The Morgan fingerprint density at radius 1 is 1.15 bits per heavy atom. The summed E-state index contributed by atoms with van der Waals surface area (Å²) in [7, 11) is 1.52. The molecule has 0 saturated heterocycles. The summed E-state index contributed by atoms with van der Waals surface area (Å²) in [5.41, 5.74) is 1.99. The van der Waals surface area contributed by atoms with Crippen molar-refractivity contribution in [2.75, 3.05) is 7.11 Å². The molecule has 0 bridgehead atoms. The van der Waals surface area contributed by atoms with E-state index in [0.29, 0.717) is 39.6 Å². The lowest BCUT2D eigenvalue weighted by Crippen LogP contribution is -2.17. The van der Waals surface area contributed by atoms with Crippen molar-refractivity contribution in [2.45, 2.75) is 25.9 Å². The maximum Gasteiger partial charge on any atom is 0.138 e. The van der Waals surface area contributed by atoms with Gasteiger partial charge in [-0.25, -0.2) is 4.39 Å².